The Kier molecular flexibility index (Phi) is 6.42. The minimum absolute atomic E-state index is 0.129. The predicted molar refractivity (Wildman–Crippen MR) is 106 cm³/mol. The van der Waals surface area contributed by atoms with E-state index < -0.39 is 6.04 Å². The van der Waals surface area contributed by atoms with Crippen LogP contribution >= 0.6 is 0 Å². The topological polar surface area (TPSA) is 92.5 Å². The van der Waals surface area contributed by atoms with Crippen molar-refractivity contribution in [3.63, 3.8) is 0 Å². The van der Waals surface area contributed by atoms with Crippen molar-refractivity contribution in [1.82, 2.24) is 10.2 Å². The van der Waals surface area contributed by atoms with Crippen LogP contribution in [-0.4, -0.2) is 41.8 Å². The summed E-state index contributed by atoms with van der Waals surface area (Å²) in [5.41, 5.74) is 6.87. The summed E-state index contributed by atoms with van der Waals surface area (Å²) in [6.07, 6.45) is 1.53. The van der Waals surface area contributed by atoms with Gasteiger partial charge < -0.3 is 16.0 Å². The van der Waals surface area contributed by atoms with Gasteiger partial charge in [0.15, 0.2) is 0 Å². The SMILES string of the molecule is NC(=O)C1CCN(C(=O)[C@H](Cc2ccccc2)NC(=O)c2ccccc2)CC1. The molecule has 1 aliphatic rings. The van der Waals surface area contributed by atoms with Gasteiger partial charge in [-0.05, 0) is 30.5 Å². The van der Waals surface area contributed by atoms with E-state index in [1.54, 1.807) is 29.2 Å². The summed E-state index contributed by atoms with van der Waals surface area (Å²) in [4.78, 5) is 38.9. The molecule has 0 aliphatic carbocycles. The molecule has 2 aromatic rings. The van der Waals surface area contributed by atoms with Gasteiger partial charge in [-0.15, -0.1) is 0 Å². The summed E-state index contributed by atoms with van der Waals surface area (Å²) < 4.78 is 0. The lowest BCUT2D eigenvalue weighted by Crippen LogP contribution is -2.52. The monoisotopic (exact) mass is 379 g/mol. The molecule has 6 heteroatoms. The molecule has 6 nitrogen and oxygen atoms in total. The smallest absolute Gasteiger partial charge is 0.251 e. The maximum Gasteiger partial charge on any atom is 0.251 e. The van der Waals surface area contributed by atoms with Crippen LogP contribution in [0.1, 0.15) is 28.8 Å². The Bertz CT molecular complexity index is 815. The number of hydrogen-bond acceptors (Lipinski definition) is 3. The van der Waals surface area contributed by atoms with Crippen LogP contribution in [0, 0.1) is 5.92 Å². The molecule has 0 radical (unpaired) electrons. The Morgan fingerprint density at radius 3 is 2.11 bits per heavy atom. The molecule has 0 unspecified atom stereocenters. The zero-order chi connectivity index (χ0) is 19.9. The number of amides is 3. The van der Waals surface area contributed by atoms with Gasteiger partial charge in [-0.3, -0.25) is 14.4 Å². The molecule has 0 bridgehead atoms. The van der Waals surface area contributed by atoms with Crippen molar-refractivity contribution in [2.45, 2.75) is 25.3 Å². The summed E-state index contributed by atoms with van der Waals surface area (Å²) in [5, 5.41) is 2.89. The fourth-order valence-electron chi connectivity index (χ4n) is 3.49. The van der Waals surface area contributed by atoms with Crippen LogP contribution in [0.4, 0.5) is 0 Å². The van der Waals surface area contributed by atoms with Gasteiger partial charge in [0.25, 0.3) is 5.91 Å². The van der Waals surface area contributed by atoms with Crippen molar-refractivity contribution in [2.75, 3.05) is 13.1 Å². The Labute approximate surface area is 164 Å². The van der Waals surface area contributed by atoms with Gasteiger partial charge in [0.05, 0.1) is 0 Å². The number of nitrogens with zero attached hydrogens (tertiary/aromatic N) is 1. The van der Waals surface area contributed by atoms with Crippen molar-refractivity contribution < 1.29 is 14.4 Å². The van der Waals surface area contributed by atoms with Gasteiger partial charge in [0.2, 0.25) is 11.8 Å². The van der Waals surface area contributed by atoms with Crippen LogP contribution in [0.15, 0.2) is 60.7 Å². The normalized spacial score (nSPS) is 15.6. The van der Waals surface area contributed by atoms with E-state index in [-0.39, 0.29) is 23.6 Å². The highest BCUT2D eigenvalue weighted by molar-refractivity contribution is 5.97. The molecular weight excluding hydrogens is 354 g/mol. The number of hydrogen-bond donors (Lipinski definition) is 2. The lowest BCUT2D eigenvalue weighted by molar-refractivity contribution is -0.136. The molecule has 1 fully saturated rings. The second kappa shape index (κ2) is 9.17. The number of carbonyl (C=O) groups excluding carboxylic acids is 3. The molecule has 1 atom stereocenters. The second-order valence-corrected chi connectivity index (χ2v) is 7.08. The molecule has 3 amide bonds. The number of primary amides is 1. The van der Waals surface area contributed by atoms with Crippen LogP contribution in [0.3, 0.4) is 0 Å². The summed E-state index contributed by atoms with van der Waals surface area (Å²) in [7, 11) is 0. The number of nitrogens with one attached hydrogen (secondary N) is 1. The third-order valence-electron chi connectivity index (χ3n) is 5.13. The van der Waals surface area contributed by atoms with Gasteiger partial charge in [-0.2, -0.15) is 0 Å². The van der Waals surface area contributed by atoms with Crippen molar-refractivity contribution in [2.24, 2.45) is 11.7 Å². The lowest BCUT2D eigenvalue weighted by atomic mass is 9.95. The average molecular weight is 379 g/mol. The standard InChI is InChI=1S/C22H25N3O3/c23-20(26)17-11-13-25(14-12-17)22(28)19(15-16-7-3-1-4-8-16)24-21(27)18-9-5-2-6-10-18/h1-10,17,19H,11-15H2,(H2,23,26)(H,24,27)/t19-/m0/s1. The molecule has 3 rings (SSSR count). The van der Waals surface area contributed by atoms with E-state index in [0.29, 0.717) is 37.9 Å². The van der Waals surface area contributed by atoms with Crippen LogP contribution in [0.5, 0.6) is 0 Å². The van der Waals surface area contributed by atoms with Crippen molar-refractivity contribution in [3.8, 4) is 0 Å². The number of piperidine rings is 1. The molecule has 0 spiro atoms. The molecule has 1 heterocycles. The quantitative estimate of drug-likeness (QED) is 0.801. The minimum atomic E-state index is -0.666. The number of rotatable bonds is 6. The number of likely N-dealkylation sites (tertiary alicyclic amines) is 1. The third-order valence-corrected chi connectivity index (χ3v) is 5.13. The zero-order valence-electron chi connectivity index (χ0n) is 15.7. The Hall–Kier alpha value is -3.15. The molecule has 2 aromatic carbocycles. The van der Waals surface area contributed by atoms with E-state index in [1.165, 1.54) is 0 Å². The molecular formula is C22H25N3O3. The third kappa shape index (κ3) is 4.97. The highest BCUT2D eigenvalue weighted by Crippen LogP contribution is 2.18. The Morgan fingerprint density at radius 1 is 0.964 bits per heavy atom. The first-order valence-corrected chi connectivity index (χ1v) is 9.52. The van der Waals surface area contributed by atoms with Crippen molar-refractivity contribution >= 4 is 17.7 Å². The summed E-state index contributed by atoms with van der Waals surface area (Å²) >= 11 is 0. The lowest BCUT2D eigenvalue weighted by Gasteiger charge is -2.33. The van der Waals surface area contributed by atoms with E-state index in [1.807, 2.05) is 36.4 Å². The zero-order valence-corrected chi connectivity index (χ0v) is 15.7. The van der Waals surface area contributed by atoms with Crippen LogP contribution in [0.2, 0.25) is 0 Å². The van der Waals surface area contributed by atoms with E-state index in [2.05, 4.69) is 5.32 Å². The maximum atomic E-state index is 13.1. The van der Waals surface area contributed by atoms with Gasteiger partial charge in [-0.25, -0.2) is 0 Å². The van der Waals surface area contributed by atoms with Gasteiger partial charge in [-0.1, -0.05) is 48.5 Å². The average Bonchev–Trinajstić information content (AvgIpc) is 2.74. The number of benzene rings is 2. The van der Waals surface area contributed by atoms with E-state index in [9.17, 15) is 14.4 Å². The minimum Gasteiger partial charge on any atom is -0.369 e. The first-order valence-electron chi connectivity index (χ1n) is 9.52. The Morgan fingerprint density at radius 2 is 1.54 bits per heavy atom. The molecule has 1 saturated heterocycles. The number of carbonyl (C=O) groups is 3. The second-order valence-electron chi connectivity index (χ2n) is 7.08. The molecule has 28 heavy (non-hydrogen) atoms. The van der Waals surface area contributed by atoms with Gasteiger partial charge >= 0.3 is 0 Å². The Balaban J connectivity index is 1.73. The molecule has 0 aromatic heterocycles. The van der Waals surface area contributed by atoms with Crippen molar-refractivity contribution in [3.05, 3.63) is 71.8 Å². The van der Waals surface area contributed by atoms with Crippen LogP contribution < -0.4 is 11.1 Å². The first-order chi connectivity index (χ1) is 13.5. The number of nitrogens with two attached hydrogens (primary N) is 1. The van der Waals surface area contributed by atoms with Crippen molar-refractivity contribution in [1.29, 1.82) is 0 Å². The maximum absolute atomic E-state index is 13.1. The highest BCUT2D eigenvalue weighted by atomic mass is 16.2. The molecule has 3 N–H and O–H groups in total. The summed E-state index contributed by atoms with van der Waals surface area (Å²) in [6, 6.07) is 17.8. The largest absolute Gasteiger partial charge is 0.369 e. The molecule has 1 aliphatic heterocycles. The predicted octanol–water partition coefficient (Wildman–Crippen LogP) is 1.75. The fourth-order valence-corrected chi connectivity index (χ4v) is 3.49. The molecule has 0 saturated carbocycles. The summed E-state index contributed by atoms with van der Waals surface area (Å²) in [5.74, 6) is -0.904. The van der Waals surface area contributed by atoms with Gasteiger partial charge in [0, 0.05) is 31.0 Å². The summed E-state index contributed by atoms with van der Waals surface area (Å²) in [6.45, 7) is 0.942. The first kappa shape index (κ1) is 19.6. The van der Waals surface area contributed by atoms with E-state index in [0.717, 1.165) is 5.56 Å². The van der Waals surface area contributed by atoms with Gasteiger partial charge in [0.1, 0.15) is 6.04 Å². The highest BCUT2D eigenvalue weighted by Gasteiger charge is 2.31. The molecule has 146 valence electrons. The fraction of sp³-hybridized carbons (Fsp3) is 0.318. The van der Waals surface area contributed by atoms with Crippen LogP contribution in [0.25, 0.3) is 0 Å². The van der Waals surface area contributed by atoms with Crippen LogP contribution in [-0.2, 0) is 16.0 Å². The van der Waals surface area contributed by atoms with E-state index in [4.69, 9.17) is 5.73 Å². The van der Waals surface area contributed by atoms with E-state index >= 15 is 0 Å².